The second kappa shape index (κ2) is 7.09. The van der Waals surface area contributed by atoms with E-state index in [2.05, 4.69) is 9.71 Å². The number of nitrogens with zero attached hydrogens (tertiary/aromatic N) is 1. The number of hydrogen-bond donors (Lipinski definition) is 2. The summed E-state index contributed by atoms with van der Waals surface area (Å²) in [6.45, 7) is 0. The lowest BCUT2D eigenvalue weighted by Crippen LogP contribution is -2.13. The van der Waals surface area contributed by atoms with Crippen LogP contribution in [0, 0.1) is 23.0 Å². The molecular formula is C18H13F2N3O3S. The molecule has 1 aromatic heterocycles. The molecule has 2 aromatic carbocycles. The van der Waals surface area contributed by atoms with Gasteiger partial charge in [-0.2, -0.15) is 5.26 Å². The van der Waals surface area contributed by atoms with E-state index in [9.17, 15) is 17.2 Å². The molecule has 0 amide bonds. The Morgan fingerprint density at radius 1 is 1.11 bits per heavy atom. The summed E-state index contributed by atoms with van der Waals surface area (Å²) in [7, 11) is -2.75. The third-order valence-electron chi connectivity index (χ3n) is 3.77. The van der Waals surface area contributed by atoms with Crippen LogP contribution in [-0.2, 0) is 10.0 Å². The van der Waals surface area contributed by atoms with Gasteiger partial charge in [0.05, 0.1) is 24.4 Å². The number of methoxy groups -OCH3 is 1. The molecule has 0 fully saturated rings. The van der Waals surface area contributed by atoms with E-state index in [1.807, 2.05) is 0 Å². The highest BCUT2D eigenvalue weighted by Gasteiger charge is 2.19. The van der Waals surface area contributed by atoms with Crippen molar-refractivity contribution in [1.82, 2.24) is 4.98 Å². The number of aromatic nitrogens is 1. The molecule has 0 aliphatic rings. The van der Waals surface area contributed by atoms with Crippen LogP contribution in [0.1, 0.15) is 5.56 Å². The molecule has 6 nitrogen and oxygen atoms in total. The van der Waals surface area contributed by atoms with E-state index in [1.165, 1.54) is 49.7 Å². The number of halogens is 2. The van der Waals surface area contributed by atoms with Crippen LogP contribution in [0.2, 0.25) is 0 Å². The standard InChI is InChI=1S/C18H13F2N3O3S/c1-26-18-7-12(3-4-14(18)19)17-8-13(10-22-17)27(24,25)23-16-5-2-11(9-21)6-15(16)20/h2-8,10,22-23H,1H3. The highest BCUT2D eigenvalue weighted by Crippen LogP contribution is 2.28. The van der Waals surface area contributed by atoms with Crippen molar-refractivity contribution in [1.29, 1.82) is 5.26 Å². The van der Waals surface area contributed by atoms with Gasteiger partial charge < -0.3 is 9.72 Å². The van der Waals surface area contributed by atoms with Gasteiger partial charge >= 0.3 is 0 Å². The third-order valence-corrected chi connectivity index (χ3v) is 5.12. The van der Waals surface area contributed by atoms with Crippen LogP contribution in [0.4, 0.5) is 14.5 Å². The number of anilines is 1. The van der Waals surface area contributed by atoms with Crippen molar-refractivity contribution in [3.05, 3.63) is 65.9 Å². The predicted octanol–water partition coefficient (Wildman–Crippen LogP) is 3.64. The maximum absolute atomic E-state index is 13.9. The number of benzene rings is 2. The first-order valence-electron chi connectivity index (χ1n) is 7.59. The quantitative estimate of drug-likeness (QED) is 0.696. The summed E-state index contributed by atoms with van der Waals surface area (Å²) in [6.07, 6.45) is 1.23. The maximum atomic E-state index is 13.9. The van der Waals surface area contributed by atoms with Crippen LogP contribution in [-0.4, -0.2) is 20.5 Å². The second-order valence-electron chi connectivity index (χ2n) is 5.51. The second-order valence-corrected chi connectivity index (χ2v) is 7.19. The van der Waals surface area contributed by atoms with Crippen LogP contribution in [0.3, 0.4) is 0 Å². The molecule has 2 N–H and O–H groups in total. The molecule has 27 heavy (non-hydrogen) atoms. The fourth-order valence-corrected chi connectivity index (χ4v) is 3.45. The molecule has 0 spiro atoms. The normalized spacial score (nSPS) is 11.0. The Morgan fingerprint density at radius 3 is 2.56 bits per heavy atom. The number of rotatable bonds is 5. The van der Waals surface area contributed by atoms with E-state index in [0.717, 1.165) is 6.07 Å². The zero-order chi connectivity index (χ0) is 19.6. The summed E-state index contributed by atoms with van der Waals surface area (Å²) in [5.74, 6) is -1.39. The number of aromatic amines is 1. The summed E-state index contributed by atoms with van der Waals surface area (Å²) < 4.78 is 59.5. The zero-order valence-electron chi connectivity index (χ0n) is 14.0. The Morgan fingerprint density at radius 2 is 1.89 bits per heavy atom. The Bertz CT molecular complexity index is 1150. The van der Waals surface area contributed by atoms with E-state index < -0.39 is 21.7 Å². The predicted molar refractivity (Wildman–Crippen MR) is 94.7 cm³/mol. The van der Waals surface area contributed by atoms with Gasteiger partial charge in [-0.05, 0) is 42.5 Å². The van der Waals surface area contributed by atoms with Crippen molar-refractivity contribution in [2.75, 3.05) is 11.8 Å². The van der Waals surface area contributed by atoms with Gasteiger partial charge in [-0.1, -0.05) is 0 Å². The average Bonchev–Trinajstić information content (AvgIpc) is 3.15. The van der Waals surface area contributed by atoms with Crippen molar-refractivity contribution < 1.29 is 21.9 Å². The molecular weight excluding hydrogens is 376 g/mol. The van der Waals surface area contributed by atoms with Crippen LogP contribution < -0.4 is 9.46 Å². The van der Waals surface area contributed by atoms with Crippen LogP contribution in [0.25, 0.3) is 11.3 Å². The fraction of sp³-hybridized carbons (Fsp3) is 0.0556. The van der Waals surface area contributed by atoms with E-state index in [0.29, 0.717) is 11.3 Å². The average molecular weight is 389 g/mol. The number of sulfonamides is 1. The summed E-state index contributed by atoms with van der Waals surface area (Å²) in [5, 5.41) is 8.74. The Labute approximate surface area is 154 Å². The topological polar surface area (TPSA) is 95.0 Å². The summed E-state index contributed by atoms with van der Waals surface area (Å²) in [4.78, 5) is 2.65. The van der Waals surface area contributed by atoms with Crippen molar-refractivity contribution >= 4 is 15.7 Å². The first-order chi connectivity index (χ1) is 12.8. The van der Waals surface area contributed by atoms with E-state index in [-0.39, 0.29) is 21.9 Å². The number of ether oxygens (including phenoxy) is 1. The summed E-state index contributed by atoms with van der Waals surface area (Å²) in [6, 6.07) is 10.6. The van der Waals surface area contributed by atoms with Gasteiger partial charge in [0, 0.05) is 17.5 Å². The van der Waals surface area contributed by atoms with E-state index in [4.69, 9.17) is 10.00 Å². The van der Waals surface area contributed by atoms with Gasteiger partial charge in [-0.25, -0.2) is 17.2 Å². The highest BCUT2D eigenvalue weighted by molar-refractivity contribution is 7.92. The first kappa shape index (κ1) is 18.4. The van der Waals surface area contributed by atoms with Gasteiger partial charge in [-0.15, -0.1) is 0 Å². The lowest BCUT2D eigenvalue weighted by atomic mass is 10.1. The molecule has 0 saturated heterocycles. The molecule has 0 saturated carbocycles. The number of nitrogens with one attached hydrogen (secondary N) is 2. The molecule has 0 bridgehead atoms. The zero-order valence-corrected chi connectivity index (χ0v) is 14.8. The molecule has 0 atom stereocenters. The SMILES string of the molecule is COc1cc(-c2cc(S(=O)(=O)Nc3ccc(C#N)cc3F)c[nH]2)ccc1F. The largest absolute Gasteiger partial charge is 0.494 e. The van der Waals surface area contributed by atoms with Crippen LogP contribution in [0.5, 0.6) is 5.75 Å². The van der Waals surface area contributed by atoms with Gasteiger partial charge in [0.1, 0.15) is 10.7 Å². The number of hydrogen-bond acceptors (Lipinski definition) is 4. The number of H-pyrrole nitrogens is 1. The highest BCUT2D eigenvalue weighted by atomic mass is 32.2. The Hall–Kier alpha value is -3.38. The molecule has 0 aliphatic carbocycles. The lowest BCUT2D eigenvalue weighted by Gasteiger charge is -2.07. The van der Waals surface area contributed by atoms with Crippen molar-refractivity contribution in [2.45, 2.75) is 4.90 Å². The van der Waals surface area contributed by atoms with E-state index in [1.54, 1.807) is 6.07 Å². The minimum Gasteiger partial charge on any atom is -0.494 e. The Balaban J connectivity index is 1.90. The fourth-order valence-electron chi connectivity index (χ4n) is 2.39. The van der Waals surface area contributed by atoms with Gasteiger partial charge in [-0.3, -0.25) is 4.72 Å². The van der Waals surface area contributed by atoms with Crippen molar-refractivity contribution in [3.63, 3.8) is 0 Å². The van der Waals surface area contributed by atoms with E-state index >= 15 is 0 Å². The minimum absolute atomic E-state index is 0.0179. The van der Waals surface area contributed by atoms with Crippen molar-refractivity contribution in [2.24, 2.45) is 0 Å². The molecule has 138 valence electrons. The number of nitriles is 1. The summed E-state index contributed by atoms with van der Waals surface area (Å²) >= 11 is 0. The van der Waals surface area contributed by atoms with Crippen LogP contribution in [0.15, 0.2) is 53.6 Å². The maximum Gasteiger partial charge on any atom is 0.263 e. The molecule has 3 rings (SSSR count). The Kier molecular flexibility index (Phi) is 4.83. The van der Waals surface area contributed by atoms with Gasteiger partial charge in [0.15, 0.2) is 11.6 Å². The molecule has 0 unspecified atom stereocenters. The monoisotopic (exact) mass is 389 g/mol. The smallest absolute Gasteiger partial charge is 0.263 e. The minimum atomic E-state index is -4.08. The first-order valence-corrected chi connectivity index (χ1v) is 9.07. The molecule has 0 radical (unpaired) electrons. The van der Waals surface area contributed by atoms with Gasteiger partial charge in [0.2, 0.25) is 0 Å². The van der Waals surface area contributed by atoms with Gasteiger partial charge in [0.25, 0.3) is 10.0 Å². The molecule has 9 heteroatoms. The third kappa shape index (κ3) is 3.75. The lowest BCUT2D eigenvalue weighted by molar-refractivity contribution is 0.387. The van der Waals surface area contributed by atoms with Crippen LogP contribution >= 0.6 is 0 Å². The molecule has 0 aliphatic heterocycles. The summed E-state index contributed by atoms with van der Waals surface area (Å²) in [5.41, 5.74) is 0.720. The van der Waals surface area contributed by atoms with Crippen molar-refractivity contribution in [3.8, 4) is 23.1 Å². The molecule has 3 aromatic rings. The molecule has 1 heterocycles.